The van der Waals surface area contributed by atoms with Crippen LogP contribution in [0.2, 0.25) is 0 Å². The lowest BCUT2D eigenvalue weighted by Gasteiger charge is -2.26. The summed E-state index contributed by atoms with van der Waals surface area (Å²) < 4.78 is 5.37. The Labute approximate surface area is 138 Å². The SMILES string of the molecule is CC1(C(=O)NCc2ccc(CN3CCOCC3)cc2)CCNC1. The lowest BCUT2D eigenvalue weighted by molar-refractivity contribution is -0.129. The molecule has 23 heavy (non-hydrogen) atoms. The van der Waals surface area contributed by atoms with Crippen molar-refractivity contribution in [2.75, 3.05) is 39.4 Å². The van der Waals surface area contributed by atoms with Gasteiger partial charge in [-0.25, -0.2) is 0 Å². The fourth-order valence-electron chi connectivity index (χ4n) is 3.19. The number of benzene rings is 1. The molecular formula is C18H27N3O2. The molecule has 0 saturated carbocycles. The van der Waals surface area contributed by atoms with Gasteiger partial charge in [0.25, 0.3) is 0 Å². The average Bonchev–Trinajstić information content (AvgIpc) is 3.03. The Hall–Kier alpha value is -1.43. The van der Waals surface area contributed by atoms with Gasteiger partial charge < -0.3 is 15.4 Å². The van der Waals surface area contributed by atoms with Gasteiger partial charge in [0.1, 0.15) is 0 Å². The summed E-state index contributed by atoms with van der Waals surface area (Å²) in [6.07, 6.45) is 0.914. The van der Waals surface area contributed by atoms with E-state index < -0.39 is 0 Å². The average molecular weight is 317 g/mol. The summed E-state index contributed by atoms with van der Waals surface area (Å²) in [5.41, 5.74) is 2.21. The van der Waals surface area contributed by atoms with Crippen molar-refractivity contribution < 1.29 is 9.53 Å². The van der Waals surface area contributed by atoms with E-state index in [9.17, 15) is 4.79 Å². The third kappa shape index (κ3) is 4.31. The Morgan fingerprint density at radius 1 is 1.26 bits per heavy atom. The highest BCUT2D eigenvalue weighted by atomic mass is 16.5. The van der Waals surface area contributed by atoms with E-state index in [1.54, 1.807) is 0 Å². The smallest absolute Gasteiger partial charge is 0.227 e. The van der Waals surface area contributed by atoms with Gasteiger partial charge in [-0.1, -0.05) is 24.3 Å². The molecule has 5 heteroatoms. The van der Waals surface area contributed by atoms with Crippen molar-refractivity contribution in [3.05, 3.63) is 35.4 Å². The summed E-state index contributed by atoms with van der Waals surface area (Å²) in [7, 11) is 0. The number of nitrogens with one attached hydrogen (secondary N) is 2. The van der Waals surface area contributed by atoms with E-state index in [2.05, 4.69) is 39.8 Å². The first-order valence-electron chi connectivity index (χ1n) is 8.53. The summed E-state index contributed by atoms with van der Waals surface area (Å²) in [5.74, 6) is 0.153. The number of ether oxygens (including phenoxy) is 1. The Bertz CT molecular complexity index is 518. The van der Waals surface area contributed by atoms with Gasteiger partial charge in [-0.15, -0.1) is 0 Å². The molecule has 2 saturated heterocycles. The van der Waals surface area contributed by atoms with E-state index in [1.807, 2.05) is 6.92 Å². The van der Waals surface area contributed by atoms with Crippen LogP contribution in [-0.4, -0.2) is 50.2 Å². The molecule has 1 amide bonds. The van der Waals surface area contributed by atoms with Crippen LogP contribution in [0.5, 0.6) is 0 Å². The molecule has 2 aliphatic heterocycles. The van der Waals surface area contributed by atoms with Crippen LogP contribution in [0.1, 0.15) is 24.5 Å². The third-order valence-corrected chi connectivity index (χ3v) is 4.90. The van der Waals surface area contributed by atoms with Crippen LogP contribution in [0.15, 0.2) is 24.3 Å². The van der Waals surface area contributed by atoms with Crippen molar-refractivity contribution >= 4 is 5.91 Å². The summed E-state index contributed by atoms with van der Waals surface area (Å²) >= 11 is 0. The van der Waals surface area contributed by atoms with E-state index >= 15 is 0 Å². The maximum absolute atomic E-state index is 12.3. The lowest BCUT2D eigenvalue weighted by Crippen LogP contribution is -2.40. The Kier molecular flexibility index (Phi) is 5.30. The molecule has 1 atom stereocenters. The number of hydrogen-bond donors (Lipinski definition) is 2. The zero-order chi connectivity index (χ0) is 16.1. The second-order valence-corrected chi connectivity index (χ2v) is 6.88. The number of carbonyl (C=O) groups excluding carboxylic acids is 1. The van der Waals surface area contributed by atoms with Gasteiger partial charge in [-0.3, -0.25) is 9.69 Å². The van der Waals surface area contributed by atoms with Gasteiger partial charge in [0.15, 0.2) is 0 Å². The molecule has 2 heterocycles. The molecule has 0 radical (unpaired) electrons. The first-order valence-corrected chi connectivity index (χ1v) is 8.53. The highest BCUT2D eigenvalue weighted by molar-refractivity contribution is 5.82. The topological polar surface area (TPSA) is 53.6 Å². The number of hydrogen-bond acceptors (Lipinski definition) is 4. The number of morpholine rings is 1. The fraction of sp³-hybridized carbons (Fsp3) is 0.611. The molecule has 2 aliphatic rings. The van der Waals surface area contributed by atoms with Crippen molar-refractivity contribution in [2.24, 2.45) is 5.41 Å². The number of carbonyl (C=O) groups is 1. The van der Waals surface area contributed by atoms with Crippen LogP contribution in [0.3, 0.4) is 0 Å². The van der Waals surface area contributed by atoms with Crippen molar-refractivity contribution in [3.8, 4) is 0 Å². The van der Waals surface area contributed by atoms with Crippen LogP contribution >= 0.6 is 0 Å². The minimum absolute atomic E-state index is 0.153. The molecule has 1 unspecified atom stereocenters. The molecule has 0 bridgehead atoms. The lowest BCUT2D eigenvalue weighted by atomic mass is 9.89. The van der Waals surface area contributed by atoms with Crippen LogP contribution in [-0.2, 0) is 22.6 Å². The third-order valence-electron chi connectivity index (χ3n) is 4.90. The standard InChI is InChI=1S/C18H27N3O2/c1-18(6-7-19-14-18)17(22)20-12-15-2-4-16(5-3-15)13-21-8-10-23-11-9-21/h2-5,19H,6-14H2,1H3,(H,20,22). The predicted octanol–water partition coefficient (Wildman–Crippen LogP) is 1.13. The summed E-state index contributed by atoms with van der Waals surface area (Å²) in [6, 6.07) is 8.56. The van der Waals surface area contributed by atoms with Crippen molar-refractivity contribution in [3.63, 3.8) is 0 Å². The highest BCUT2D eigenvalue weighted by Gasteiger charge is 2.35. The van der Waals surface area contributed by atoms with Gasteiger partial charge in [-0.05, 0) is 31.0 Å². The van der Waals surface area contributed by atoms with Gasteiger partial charge >= 0.3 is 0 Å². The molecule has 1 aromatic rings. The van der Waals surface area contributed by atoms with Crippen LogP contribution in [0.4, 0.5) is 0 Å². The van der Waals surface area contributed by atoms with E-state index in [0.717, 1.165) is 57.9 Å². The number of rotatable bonds is 5. The Morgan fingerprint density at radius 2 is 1.96 bits per heavy atom. The largest absolute Gasteiger partial charge is 0.379 e. The molecule has 126 valence electrons. The first-order chi connectivity index (χ1) is 11.2. The molecule has 2 fully saturated rings. The molecule has 1 aromatic carbocycles. The van der Waals surface area contributed by atoms with E-state index in [-0.39, 0.29) is 11.3 Å². The zero-order valence-electron chi connectivity index (χ0n) is 13.9. The van der Waals surface area contributed by atoms with Gasteiger partial charge in [0.2, 0.25) is 5.91 Å². The monoisotopic (exact) mass is 317 g/mol. The van der Waals surface area contributed by atoms with Crippen LogP contribution in [0, 0.1) is 5.41 Å². The minimum Gasteiger partial charge on any atom is -0.379 e. The number of amides is 1. The highest BCUT2D eigenvalue weighted by Crippen LogP contribution is 2.24. The summed E-state index contributed by atoms with van der Waals surface area (Å²) in [4.78, 5) is 14.7. The quantitative estimate of drug-likeness (QED) is 0.855. The maximum atomic E-state index is 12.3. The van der Waals surface area contributed by atoms with Crippen molar-refractivity contribution in [1.29, 1.82) is 0 Å². The molecule has 0 aliphatic carbocycles. The first kappa shape index (κ1) is 16.4. The molecule has 0 aromatic heterocycles. The van der Waals surface area contributed by atoms with Crippen LogP contribution < -0.4 is 10.6 Å². The van der Waals surface area contributed by atoms with Crippen molar-refractivity contribution in [2.45, 2.75) is 26.4 Å². The maximum Gasteiger partial charge on any atom is 0.227 e. The summed E-state index contributed by atoms with van der Waals surface area (Å²) in [6.45, 7) is 8.99. The minimum atomic E-state index is -0.254. The fourth-order valence-corrected chi connectivity index (χ4v) is 3.19. The van der Waals surface area contributed by atoms with E-state index in [0.29, 0.717) is 6.54 Å². The second kappa shape index (κ2) is 7.43. The Morgan fingerprint density at radius 3 is 2.61 bits per heavy atom. The number of nitrogens with zero attached hydrogens (tertiary/aromatic N) is 1. The van der Waals surface area contributed by atoms with Crippen molar-refractivity contribution in [1.82, 2.24) is 15.5 Å². The van der Waals surface area contributed by atoms with E-state index in [1.165, 1.54) is 5.56 Å². The Balaban J connectivity index is 1.48. The van der Waals surface area contributed by atoms with Gasteiger partial charge in [-0.2, -0.15) is 0 Å². The van der Waals surface area contributed by atoms with Crippen LogP contribution in [0.25, 0.3) is 0 Å². The molecule has 3 rings (SSSR count). The predicted molar refractivity (Wildman–Crippen MR) is 90.0 cm³/mol. The molecular weight excluding hydrogens is 290 g/mol. The summed E-state index contributed by atoms with van der Waals surface area (Å²) in [5, 5.41) is 6.34. The van der Waals surface area contributed by atoms with Gasteiger partial charge in [0, 0.05) is 32.7 Å². The normalized spacial score (nSPS) is 25.4. The second-order valence-electron chi connectivity index (χ2n) is 6.88. The van der Waals surface area contributed by atoms with E-state index in [4.69, 9.17) is 4.74 Å². The zero-order valence-corrected chi connectivity index (χ0v) is 13.9. The molecule has 2 N–H and O–H groups in total. The van der Waals surface area contributed by atoms with Gasteiger partial charge in [0.05, 0.1) is 18.6 Å². The molecule has 5 nitrogen and oxygen atoms in total. The molecule has 0 spiro atoms.